The molecule has 0 bridgehead atoms. The van der Waals surface area contributed by atoms with Crippen molar-refractivity contribution in [1.29, 1.82) is 0 Å². The Morgan fingerprint density at radius 1 is 1.00 bits per heavy atom. The Kier molecular flexibility index (Phi) is 7.08. The Hall–Kier alpha value is -2.62. The number of morpholine rings is 1. The number of nitrogens with one attached hydrogen (secondary N) is 1. The van der Waals surface area contributed by atoms with Crippen molar-refractivity contribution < 1.29 is 27.4 Å². The molecule has 0 unspecified atom stereocenters. The summed E-state index contributed by atoms with van der Waals surface area (Å²) in [7, 11) is -3.56. The van der Waals surface area contributed by atoms with Gasteiger partial charge in [-0.05, 0) is 55.5 Å². The predicted molar refractivity (Wildman–Crippen MR) is 108 cm³/mol. The van der Waals surface area contributed by atoms with E-state index >= 15 is 0 Å². The molecule has 29 heavy (non-hydrogen) atoms. The van der Waals surface area contributed by atoms with Crippen LogP contribution >= 0.6 is 0 Å². The zero-order chi connectivity index (χ0) is 20.7. The molecule has 1 heterocycles. The lowest BCUT2D eigenvalue weighted by atomic mass is 10.3. The Balaban J connectivity index is 1.53. The second-order valence-electron chi connectivity index (χ2n) is 6.28. The number of hydrogen-bond acceptors (Lipinski definition) is 6. The van der Waals surface area contributed by atoms with Crippen molar-refractivity contribution in [3.05, 3.63) is 48.5 Å². The van der Waals surface area contributed by atoms with E-state index in [1.165, 1.54) is 16.4 Å². The first kappa shape index (κ1) is 21.1. The van der Waals surface area contributed by atoms with Gasteiger partial charge in [0.15, 0.2) is 6.61 Å². The monoisotopic (exact) mass is 420 g/mol. The Bertz CT molecular complexity index is 907. The van der Waals surface area contributed by atoms with Crippen LogP contribution in [0.2, 0.25) is 0 Å². The first-order valence-electron chi connectivity index (χ1n) is 9.32. The van der Waals surface area contributed by atoms with Gasteiger partial charge in [0.2, 0.25) is 10.0 Å². The van der Waals surface area contributed by atoms with Crippen molar-refractivity contribution in [3.63, 3.8) is 0 Å². The zero-order valence-corrected chi connectivity index (χ0v) is 17.0. The van der Waals surface area contributed by atoms with Crippen LogP contribution in [-0.4, -0.2) is 58.1 Å². The summed E-state index contributed by atoms with van der Waals surface area (Å²) < 4.78 is 42.6. The van der Waals surface area contributed by atoms with Gasteiger partial charge in [-0.2, -0.15) is 4.31 Å². The average molecular weight is 420 g/mol. The molecule has 1 amide bonds. The number of ether oxygens (including phenoxy) is 3. The van der Waals surface area contributed by atoms with Crippen LogP contribution in [-0.2, 0) is 19.6 Å². The van der Waals surface area contributed by atoms with Gasteiger partial charge >= 0.3 is 0 Å². The lowest BCUT2D eigenvalue weighted by Gasteiger charge is -2.26. The maximum absolute atomic E-state index is 12.6. The Morgan fingerprint density at radius 2 is 1.59 bits per heavy atom. The third kappa shape index (κ3) is 5.69. The molecular formula is C20H24N2O6S. The molecular weight excluding hydrogens is 396 g/mol. The fraction of sp³-hybridized carbons (Fsp3) is 0.350. The molecule has 2 aromatic rings. The van der Waals surface area contributed by atoms with Crippen molar-refractivity contribution in [2.45, 2.75) is 11.8 Å². The number of hydrogen-bond donors (Lipinski definition) is 1. The summed E-state index contributed by atoms with van der Waals surface area (Å²) in [5.41, 5.74) is 0.492. The molecule has 1 aliphatic heterocycles. The molecule has 9 heteroatoms. The van der Waals surface area contributed by atoms with Gasteiger partial charge < -0.3 is 19.5 Å². The highest BCUT2D eigenvalue weighted by molar-refractivity contribution is 7.89. The van der Waals surface area contributed by atoms with E-state index in [2.05, 4.69) is 5.32 Å². The second-order valence-corrected chi connectivity index (χ2v) is 8.22. The minimum absolute atomic E-state index is 0.165. The maximum atomic E-state index is 12.6. The maximum Gasteiger partial charge on any atom is 0.262 e. The van der Waals surface area contributed by atoms with Gasteiger partial charge in [0, 0.05) is 18.8 Å². The number of sulfonamides is 1. The Morgan fingerprint density at radius 3 is 2.17 bits per heavy atom. The van der Waals surface area contributed by atoms with Crippen LogP contribution in [0.5, 0.6) is 11.5 Å². The smallest absolute Gasteiger partial charge is 0.262 e. The van der Waals surface area contributed by atoms with E-state index in [0.717, 1.165) is 5.75 Å². The molecule has 3 rings (SSSR count). The predicted octanol–water partition coefficient (Wildman–Crippen LogP) is 2.12. The van der Waals surface area contributed by atoms with Crippen LogP contribution in [0.1, 0.15) is 6.92 Å². The average Bonchev–Trinajstić information content (AvgIpc) is 2.74. The summed E-state index contributed by atoms with van der Waals surface area (Å²) >= 11 is 0. The van der Waals surface area contributed by atoms with Crippen LogP contribution in [0.15, 0.2) is 53.4 Å². The Labute approximate surface area is 170 Å². The SMILES string of the molecule is CCOc1ccc(OCC(=O)Nc2ccc(S(=O)(=O)N3CCOCC3)cc2)cc1. The number of benzene rings is 2. The summed E-state index contributed by atoms with van der Waals surface area (Å²) in [6.07, 6.45) is 0. The van der Waals surface area contributed by atoms with E-state index in [1.54, 1.807) is 36.4 Å². The lowest BCUT2D eigenvalue weighted by Crippen LogP contribution is -2.40. The van der Waals surface area contributed by atoms with Crippen LogP contribution in [0.25, 0.3) is 0 Å². The lowest BCUT2D eigenvalue weighted by molar-refractivity contribution is -0.118. The summed E-state index contributed by atoms with van der Waals surface area (Å²) in [6, 6.07) is 13.1. The molecule has 156 valence electrons. The third-order valence-corrected chi connectivity index (χ3v) is 6.16. The highest BCUT2D eigenvalue weighted by Crippen LogP contribution is 2.20. The fourth-order valence-electron chi connectivity index (χ4n) is 2.79. The molecule has 1 fully saturated rings. The zero-order valence-electron chi connectivity index (χ0n) is 16.2. The van der Waals surface area contributed by atoms with Crippen molar-refractivity contribution in [1.82, 2.24) is 4.31 Å². The van der Waals surface area contributed by atoms with Gasteiger partial charge in [-0.3, -0.25) is 4.79 Å². The molecule has 1 saturated heterocycles. The molecule has 1 aliphatic rings. The molecule has 0 atom stereocenters. The summed E-state index contributed by atoms with van der Waals surface area (Å²) in [5.74, 6) is 0.939. The van der Waals surface area contributed by atoms with Gasteiger partial charge in [-0.15, -0.1) is 0 Å². The highest BCUT2D eigenvalue weighted by atomic mass is 32.2. The van der Waals surface area contributed by atoms with Gasteiger partial charge in [-0.25, -0.2) is 8.42 Å². The number of carbonyl (C=O) groups excluding carboxylic acids is 1. The van der Waals surface area contributed by atoms with E-state index in [4.69, 9.17) is 14.2 Å². The van der Waals surface area contributed by atoms with E-state index in [0.29, 0.717) is 44.3 Å². The molecule has 0 aromatic heterocycles. The van der Waals surface area contributed by atoms with Crippen LogP contribution < -0.4 is 14.8 Å². The summed E-state index contributed by atoms with van der Waals surface area (Å²) in [5, 5.41) is 2.69. The second kappa shape index (κ2) is 9.73. The van der Waals surface area contributed by atoms with Crippen molar-refractivity contribution in [2.75, 3.05) is 44.8 Å². The molecule has 8 nitrogen and oxygen atoms in total. The van der Waals surface area contributed by atoms with E-state index < -0.39 is 10.0 Å². The topological polar surface area (TPSA) is 94.2 Å². The van der Waals surface area contributed by atoms with Gasteiger partial charge in [0.1, 0.15) is 11.5 Å². The molecule has 1 N–H and O–H groups in total. The number of nitrogens with zero attached hydrogens (tertiary/aromatic N) is 1. The third-order valence-electron chi connectivity index (χ3n) is 4.25. The van der Waals surface area contributed by atoms with Crippen molar-refractivity contribution >= 4 is 21.6 Å². The largest absolute Gasteiger partial charge is 0.494 e. The van der Waals surface area contributed by atoms with E-state index in [9.17, 15) is 13.2 Å². The quantitative estimate of drug-likeness (QED) is 0.703. The summed E-state index contributed by atoms with van der Waals surface area (Å²) in [4.78, 5) is 12.3. The standard InChI is InChI=1S/C20H24N2O6S/c1-2-27-17-5-7-18(8-6-17)28-15-20(23)21-16-3-9-19(10-4-16)29(24,25)22-11-13-26-14-12-22/h3-10H,2,11-15H2,1H3,(H,21,23). The van der Waals surface area contributed by atoms with Gasteiger partial charge in [-0.1, -0.05) is 0 Å². The molecule has 0 saturated carbocycles. The number of rotatable bonds is 8. The van der Waals surface area contributed by atoms with Crippen LogP contribution in [0.3, 0.4) is 0 Å². The normalized spacial score (nSPS) is 14.9. The van der Waals surface area contributed by atoms with Crippen molar-refractivity contribution in [3.8, 4) is 11.5 Å². The molecule has 0 spiro atoms. The van der Waals surface area contributed by atoms with E-state index in [1.807, 2.05) is 6.92 Å². The summed E-state index contributed by atoms with van der Waals surface area (Å²) in [6.45, 7) is 3.77. The van der Waals surface area contributed by atoms with Crippen LogP contribution in [0, 0.1) is 0 Å². The molecule has 0 aliphatic carbocycles. The van der Waals surface area contributed by atoms with Crippen LogP contribution in [0.4, 0.5) is 5.69 Å². The minimum Gasteiger partial charge on any atom is -0.494 e. The number of amides is 1. The highest BCUT2D eigenvalue weighted by Gasteiger charge is 2.26. The van der Waals surface area contributed by atoms with Gasteiger partial charge in [0.25, 0.3) is 5.91 Å². The molecule has 0 radical (unpaired) electrons. The first-order valence-corrected chi connectivity index (χ1v) is 10.8. The molecule has 2 aromatic carbocycles. The van der Waals surface area contributed by atoms with Gasteiger partial charge in [0.05, 0.1) is 24.7 Å². The fourth-order valence-corrected chi connectivity index (χ4v) is 4.20. The van der Waals surface area contributed by atoms with Crippen molar-refractivity contribution in [2.24, 2.45) is 0 Å². The number of anilines is 1. The number of carbonyl (C=O) groups is 1. The van der Waals surface area contributed by atoms with E-state index in [-0.39, 0.29) is 17.4 Å². The first-order chi connectivity index (χ1) is 14.0. The minimum atomic E-state index is -3.56.